The molecule has 0 saturated heterocycles. The highest BCUT2D eigenvalue weighted by Crippen LogP contribution is 2.38. The van der Waals surface area contributed by atoms with E-state index >= 15 is 0 Å². The number of hydrogen-bond donors (Lipinski definition) is 3. The zero-order valence-corrected chi connectivity index (χ0v) is 18.4. The van der Waals surface area contributed by atoms with E-state index in [9.17, 15) is 14.7 Å². The fourth-order valence-electron chi connectivity index (χ4n) is 3.77. The van der Waals surface area contributed by atoms with Gasteiger partial charge < -0.3 is 20.3 Å². The Morgan fingerprint density at radius 1 is 1.03 bits per heavy atom. The van der Waals surface area contributed by atoms with Crippen molar-refractivity contribution in [3.05, 3.63) is 76.3 Å². The molecule has 0 saturated carbocycles. The number of aryl methyl sites for hydroxylation is 1. The first kappa shape index (κ1) is 21.5. The molecule has 1 aliphatic rings. The van der Waals surface area contributed by atoms with Gasteiger partial charge in [-0.1, -0.05) is 42.0 Å². The highest BCUT2D eigenvalue weighted by molar-refractivity contribution is 6.30. The largest absolute Gasteiger partial charge is 0.494 e. The van der Waals surface area contributed by atoms with Gasteiger partial charge in [-0.25, -0.2) is 4.99 Å². The van der Waals surface area contributed by atoms with Crippen molar-refractivity contribution in [2.24, 2.45) is 4.99 Å². The van der Waals surface area contributed by atoms with Crippen LogP contribution in [0.2, 0.25) is 0 Å². The summed E-state index contributed by atoms with van der Waals surface area (Å²) in [6, 6.07) is 14.6. The van der Waals surface area contributed by atoms with Gasteiger partial charge in [0.15, 0.2) is 5.88 Å². The zero-order valence-electron chi connectivity index (χ0n) is 18.4. The van der Waals surface area contributed by atoms with Crippen molar-refractivity contribution in [3.8, 4) is 17.1 Å². The van der Waals surface area contributed by atoms with Gasteiger partial charge in [0.05, 0.1) is 22.5 Å². The third-order valence-corrected chi connectivity index (χ3v) is 5.47. The van der Waals surface area contributed by atoms with Gasteiger partial charge in [0.1, 0.15) is 0 Å². The van der Waals surface area contributed by atoms with Crippen molar-refractivity contribution in [1.29, 1.82) is 0 Å². The SMILES string of the molecule is Cc1ccc(C2=NC(=O)c3c(-c4ccc(C(=O)NCCCN(C)C)cc4)[nH]c(O)c32)cc1. The van der Waals surface area contributed by atoms with Crippen LogP contribution in [-0.2, 0) is 0 Å². The minimum absolute atomic E-state index is 0.0945. The van der Waals surface area contributed by atoms with Crippen molar-refractivity contribution in [2.75, 3.05) is 27.2 Å². The van der Waals surface area contributed by atoms with Crippen LogP contribution in [0.3, 0.4) is 0 Å². The van der Waals surface area contributed by atoms with Crippen molar-refractivity contribution in [3.63, 3.8) is 0 Å². The maximum atomic E-state index is 12.7. The molecular formula is C25H26N4O3. The summed E-state index contributed by atoms with van der Waals surface area (Å²) in [7, 11) is 3.99. The second-order valence-corrected chi connectivity index (χ2v) is 8.22. The van der Waals surface area contributed by atoms with Crippen LogP contribution >= 0.6 is 0 Å². The first-order chi connectivity index (χ1) is 15.3. The summed E-state index contributed by atoms with van der Waals surface area (Å²) in [5, 5.41) is 13.5. The number of aliphatic imine (C=N–C) groups is 1. The van der Waals surface area contributed by atoms with Gasteiger partial charge in [-0.05, 0) is 51.7 Å². The maximum absolute atomic E-state index is 12.7. The molecule has 7 heteroatoms. The van der Waals surface area contributed by atoms with Crippen molar-refractivity contribution in [1.82, 2.24) is 15.2 Å². The second kappa shape index (κ2) is 8.80. The monoisotopic (exact) mass is 430 g/mol. The number of nitrogens with zero attached hydrogens (tertiary/aromatic N) is 2. The van der Waals surface area contributed by atoms with E-state index in [0.717, 1.165) is 24.1 Å². The van der Waals surface area contributed by atoms with E-state index < -0.39 is 5.91 Å². The Labute approximate surface area is 186 Å². The van der Waals surface area contributed by atoms with E-state index in [2.05, 4.69) is 20.2 Å². The van der Waals surface area contributed by atoms with Crippen LogP contribution in [0.1, 0.15) is 43.8 Å². The average molecular weight is 431 g/mol. The summed E-state index contributed by atoms with van der Waals surface area (Å²) in [4.78, 5) is 34.3. The molecule has 32 heavy (non-hydrogen) atoms. The first-order valence-corrected chi connectivity index (χ1v) is 10.5. The molecule has 164 valence electrons. The third-order valence-electron chi connectivity index (χ3n) is 5.47. The number of aromatic hydroxyl groups is 1. The number of rotatable bonds is 7. The van der Waals surface area contributed by atoms with Crippen LogP contribution in [0, 0.1) is 6.92 Å². The molecule has 4 rings (SSSR count). The van der Waals surface area contributed by atoms with E-state index in [4.69, 9.17) is 0 Å². The summed E-state index contributed by atoms with van der Waals surface area (Å²) in [6.07, 6.45) is 0.871. The van der Waals surface area contributed by atoms with Crippen LogP contribution in [-0.4, -0.2) is 59.7 Å². The lowest BCUT2D eigenvalue weighted by Crippen LogP contribution is -2.27. The van der Waals surface area contributed by atoms with Crippen LogP contribution in [0.25, 0.3) is 11.3 Å². The van der Waals surface area contributed by atoms with E-state index in [0.29, 0.717) is 40.2 Å². The number of aromatic nitrogens is 1. The molecule has 0 spiro atoms. The highest BCUT2D eigenvalue weighted by atomic mass is 16.3. The predicted molar refractivity (Wildman–Crippen MR) is 125 cm³/mol. The Hall–Kier alpha value is -3.71. The molecule has 2 amide bonds. The molecule has 2 aromatic carbocycles. The standard InChI is InChI=1S/C25H26N4O3/c1-15-5-7-16(8-6-15)21-19-20(25(32)27-21)22(28-24(19)31)17-9-11-18(12-10-17)23(30)26-13-4-14-29(2)3/h5-12,28,31H,4,13-14H2,1-3H3,(H,26,30). The van der Waals surface area contributed by atoms with Crippen LogP contribution in [0.15, 0.2) is 53.5 Å². The molecule has 0 fully saturated rings. The molecule has 3 aromatic rings. The Kier molecular flexibility index (Phi) is 5.92. The highest BCUT2D eigenvalue weighted by Gasteiger charge is 2.33. The predicted octanol–water partition coefficient (Wildman–Crippen LogP) is 3.37. The molecule has 2 heterocycles. The van der Waals surface area contributed by atoms with Gasteiger partial charge in [0.25, 0.3) is 11.8 Å². The number of benzene rings is 2. The fraction of sp³-hybridized carbons (Fsp3) is 0.240. The third kappa shape index (κ3) is 4.20. The number of amides is 2. The molecule has 0 radical (unpaired) electrons. The maximum Gasteiger partial charge on any atom is 0.280 e. The number of carbonyl (C=O) groups excluding carboxylic acids is 2. The van der Waals surface area contributed by atoms with Gasteiger partial charge in [-0.15, -0.1) is 0 Å². The molecule has 7 nitrogen and oxygen atoms in total. The van der Waals surface area contributed by atoms with E-state index in [1.807, 2.05) is 45.3 Å². The quantitative estimate of drug-likeness (QED) is 0.501. The molecule has 1 aromatic heterocycles. The molecule has 0 atom stereocenters. The minimum Gasteiger partial charge on any atom is -0.494 e. The lowest BCUT2D eigenvalue weighted by atomic mass is 9.99. The molecule has 0 unspecified atom stereocenters. The molecular weight excluding hydrogens is 404 g/mol. The molecule has 0 aliphatic carbocycles. The normalized spacial score (nSPS) is 12.8. The lowest BCUT2D eigenvalue weighted by Gasteiger charge is -2.10. The summed E-state index contributed by atoms with van der Waals surface area (Å²) in [5.41, 5.74) is 4.80. The van der Waals surface area contributed by atoms with E-state index in [1.54, 1.807) is 24.3 Å². The first-order valence-electron chi connectivity index (χ1n) is 10.5. The van der Waals surface area contributed by atoms with Gasteiger partial charge in [-0.2, -0.15) is 0 Å². The van der Waals surface area contributed by atoms with Crippen molar-refractivity contribution >= 4 is 17.5 Å². The van der Waals surface area contributed by atoms with Crippen molar-refractivity contribution < 1.29 is 14.7 Å². The Morgan fingerprint density at radius 3 is 2.34 bits per heavy atom. The number of nitrogens with one attached hydrogen (secondary N) is 2. The van der Waals surface area contributed by atoms with E-state index in [-0.39, 0.29) is 11.8 Å². The topological polar surface area (TPSA) is 97.8 Å². The second-order valence-electron chi connectivity index (χ2n) is 8.22. The summed E-state index contributed by atoms with van der Waals surface area (Å²) >= 11 is 0. The van der Waals surface area contributed by atoms with Crippen LogP contribution < -0.4 is 5.32 Å². The Morgan fingerprint density at radius 2 is 1.69 bits per heavy atom. The number of carbonyl (C=O) groups is 2. The zero-order chi connectivity index (χ0) is 22.8. The van der Waals surface area contributed by atoms with Crippen molar-refractivity contribution in [2.45, 2.75) is 13.3 Å². The number of aromatic amines is 1. The number of fused-ring (bicyclic) bond motifs is 1. The molecule has 1 aliphatic heterocycles. The number of hydrogen-bond acceptors (Lipinski definition) is 4. The van der Waals surface area contributed by atoms with Gasteiger partial charge in [0.2, 0.25) is 0 Å². The lowest BCUT2D eigenvalue weighted by molar-refractivity contribution is 0.0951. The summed E-state index contributed by atoms with van der Waals surface area (Å²) in [5.74, 6) is -0.636. The molecule has 3 N–H and O–H groups in total. The minimum atomic E-state index is -0.398. The van der Waals surface area contributed by atoms with Gasteiger partial charge >= 0.3 is 0 Å². The fourth-order valence-corrected chi connectivity index (χ4v) is 3.77. The Bertz CT molecular complexity index is 1190. The summed E-state index contributed by atoms with van der Waals surface area (Å²) in [6.45, 7) is 3.49. The molecule has 0 bridgehead atoms. The number of H-pyrrole nitrogens is 1. The average Bonchev–Trinajstić information content (AvgIpc) is 3.30. The summed E-state index contributed by atoms with van der Waals surface area (Å²) < 4.78 is 0. The van der Waals surface area contributed by atoms with Gasteiger partial charge in [-0.3, -0.25) is 9.59 Å². The Balaban J connectivity index is 1.56. The van der Waals surface area contributed by atoms with Crippen LogP contribution in [0.5, 0.6) is 5.88 Å². The van der Waals surface area contributed by atoms with E-state index in [1.165, 1.54) is 0 Å². The smallest absolute Gasteiger partial charge is 0.280 e. The van der Waals surface area contributed by atoms with Crippen LogP contribution in [0.4, 0.5) is 0 Å². The van der Waals surface area contributed by atoms with Gasteiger partial charge in [0, 0.05) is 17.7 Å².